The Balaban J connectivity index is 1.91. The average Bonchev–Trinajstić information content (AvgIpc) is 2.58. The molecule has 2 aromatic carbocycles. The smallest absolute Gasteiger partial charge is 0.253 e. The normalized spacial score (nSPS) is 10.5. The molecule has 2 aromatic rings. The van der Waals surface area contributed by atoms with Gasteiger partial charge < -0.3 is 10.2 Å². The van der Waals surface area contributed by atoms with Crippen molar-refractivity contribution in [2.75, 3.05) is 27.2 Å². The van der Waals surface area contributed by atoms with Crippen molar-refractivity contribution < 1.29 is 4.79 Å². The fourth-order valence-corrected chi connectivity index (χ4v) is 2.90. The van der Waals surface area contributed by atoms with Gasteiger partial charge in [-0.15, -0.1) is 11.8 Å². The van der Waals surface area contributed by atoms with Crippen molar-refractivity contribution in [2.24, 2.45) is 0 Å². The van der Waals surface area contributed by atoms with E-state index in [1.165, 1.54) is 10.5 Å². The fraction of sp³-hybridized carbons (Fsp3) is 0.278. The summed E-state index contributed by atoms with van der Waals surface area (Å²) in [5, 5.41) is 3.05. The van der Waals surface area contributed by atoms with Crippen molar-refractivity contribution >= 4 is 17.7 Å². The summed E-state index contributed by atoms with van der Waals surface area (Å²) < 4.78 is 0. The van der Waals surface area contributed by atoms with Crippen molar-refractivity contribution in [1.82, 2.24) is 10.2 Å². The molecule has 0 saturated carbocycles. The van der Waals surface area contributed by atoms with E-state index in [0.29, 0.717) is 6.54 Å². The van der Waals surface area contributed by atoms with Gasteiger partial charge in [0.15, 0.2) is 0 Å². The maximum Gasteiger partial charge on any atom is 0.253 e. The van der Waals surface area contributed by atoms with E-state index < -0.39 is 0 Å². The van der Waals surface area contributed by atoms with Crippen LogP contribution < -0.4 is 5.32 Å². The molecule has 22 heavy (non-hydrogen) atoms. The van der Waals surface area contributed by atoms with Gasteiger partial charge in [0.05, 0.1) is 0 Å². The molecule has 0 saturated heterocycles. The summed E-state index contributed by atoms with van der Waals surface area (Å²) in [7, 11) is 3.72. The van der Waals surface area contributed by atoms with Gasteiger partial charge in [-0.1, -0.05) is 30.3 Å². The second kappa shape index (κ2) is 8.61. The van der Waals surface area contributed by atoms with Crippen LogP contribution in [0.2, 0.25) is 0 Å². The lowest BCUT2D eigenvalue weighted by Gasteiger charge is -2.17. The molecular formula is C18H22N2OS. The van der Waals surface area contributed by atoms with Crippen LogP contribution in [0.4, 0.5) is 0 Å². The van der Waals surface area contributed by atoms with Gasteiger partial charge in [-0.05, 0) is 36.9 Å². The highest BCUT2D eigenvalue weighted by Gasteiger charge is 2.10. The molecular weight excluding hydrogens is 292 g/mol. The second-order valence-electron chi connectivity index (χ2n) is 5.13. The second-order valence-corrected chi connectivity index (χ2v) is 6.18. The van der Waals surface area contributed by atoms with Crippen LogP contribution in [0, 0.1) is 0 Å². The first-order valence-corrected chi connectivity index (χ1v) is 8.36. The van der Waals surface area contributed by atoms with Gasteiger partial charge in [0.2, 0.25) is 0 Å². The molecule has 2 rings (SSSR count). The third kappa shape index (κ3) is 4.90. The van der Waals surface area contributed by atoms with Crippen molar-refractivity contribution in [3.63, 3.8) is 0 Å². The SMILES string of the molecule is CNCCN(C)C(=O)c1ccc(CSc2ccccc2)cc1. The van der Waals surface area contributed by atoms with Crippen LogP contribution in [-0.2, 0) is 5.75 Å². The van der Waals surface area contributed by atoms with Gasteiger partial charge in [0, 0.05) is 36.3 Å². The topological polar surface area (TPSA) is 32.3 Å². The number of thioether (sulfide) groups is 1. The molecule has 0 atom stereocenters. The molecule has 0 spiro atoms. The number of nitrogens with one attached hydrogen (secondary N) is 1. The number of amides is 1. The Labute approximate surface area is 136 Å². The average molecular weight is 314 g/mol. The van der Waals surface area contributed by atoms with Crippen LogP contribution >= 0.6 is 11.8 Å². The van der Waals surface area contributed by atoms with Crippen molar-refractivity contribution in [3.05, 3.63) is 65.7 Å². The standard InChI is InChI=1S/C18H22N2OS/c1-19-12-13-20(2)18(21)16-10-8-15(9-11-16)14-22-17-6-4-3-5-7-17/h3-11,19H,12-14H2,1-2H3. The van der Waals surface area contributed by atoms with Gasteiger partial charge in [-0.3, -0.25) is 4.79 Å². The van der Waals surface area contributed by atoms with E-state index in [9.17, 15) is 4.79 Å². The van der Waals surface area contributed by atoms with Crippen LogP contribution in [0.25, 0.3) is 0 Å². The van der Waals surface area contributed by atoms with Gasteiger partial charge in [0.1, 0.15) is 0 Å². The third-order valence-corrected chi connectivity index (χ3v) is 4.48. The first-order chi connectivity index (χ1) is 10.7. The quantitative estimate of drug-likeness (QED) is 0.796. The number of carbonyl (C=O) groups excluding carboxylic acids is 1. The summed E-state index contributed by atoms with van der Waals surface area (Å²) >= 11 is 1.80. The number of hydrogen-bond donors (Lipinski definition) is 1. The summed E-state index contributed by atoms with van der Waals surface area (Å²) in [6, 6.07) is 18.2. The first kappa shape index (κ1) is 16.6. The Hall–Kier alpha value is -1.78. The summed E-state index contributed by atoms with van der Waals surface area (Å²) in [5.74, 6) is 0.978. The van der Waals surface area contributed by atoms with Crippen LogP contribution in [0.5, 0.6) is 0 Å². The minimum absolute atomic E-state index is 0.0671. The van der Waals surface area contributed by atoms with E-state index in [4.69, 9.17) is 0 Å². The molecule has 0 radical (unpaired) electrons. The number of benzene rings is 2. The van der Waals surface area contributed by atoms with E-state index in [1.54, 1.807) is 16.7 Å². The van der Waals surface area contributed by atoms with Crippen LogP contribution in [0.3, 0.4) is 0 Å². The van der Waals surface area contributed by atoms with Crippen LogP contribution in [0.1, 0.15) is 15.9 Å². The number of rotatable bonds is 7. The lowest BCUT2D eigenvalue weighted by atomic mass is 10.1. The van der Waals surface area contributed by atoms with Crippen LogP contribution in [-0.4, -0.2) is 38.0 Å². The highest BCUT2D eigenvalue weighted by molar-refractivity contribution is 7.98. The Morgan fingerprint density at radius 1 is 1.09 bits per heavy atom. The first-order valence-electron chi connectivity index (χ1n) is 7.37. The summed E-state index contributed by atoms with van der Waals surface area (Å²) in [5.41, 5.74) is 1.97. The minimum Gasteiger partial charge on any atom is -0.340 e. The molecule has 0 unspecified atom stereocenters. The predicted octanol–water partition coefficient (Wildman–Crippen LogP) is 3.27. The van der Waals surface area contributed by atoms with Gasteiger partial charge in [-0.2, -0.15) is 0 Å². The summed E-state index contributed by atoms with van der Waals surface area (Å²) in [6.07, 6.45) is 0. The Morgan fingerprint density at radius 2 is 1.77 bits per heavy atom. The fourth-order valence-electron chi connectivity index (χ4n) is 2.03. The zero-order chi connectivity index (χ0) is 15.8. The van der Waals surface area contributed by atoms with E-state index in [0.717, 1.165) is 17.9 Å². The molecule has 4 heteroatoms. The maximum atomic E-state index is 12.2. The molecule has 0 aliphatic carbocycles. The van der Waals surface area contributed by atoms with E-state index in [-0.39, 0.29) is 5.91 Å². The van der Waals surface area contributed by atoms with Crippen molar-refractivity contribution in [1.29, 1.82) is 0 Å². The lowest BCUT2D eigenvalue weighted by Crippen LogP contribution is -2.32. The molecule has 0 aliphatic rings. The number of carbonyl (C=O) groups is 1. The van der Waals surface area contributed by atoms with E-state index in [2.05, 4.69) is 17.4 Å². The Morgan fingerprint density at radius 3 is 2.41 bits per heavy atom. The van der Waals surface area contributed by atoms with Crippen molar-refractivity contribution in [2.45, 2.75) is 10.6 Å². The molecule has 116 valence electrons. The molecule has 0 fully saturated rings. The Kier molecular flexibility index (Phi) is 6.49. The zero-order valence-corrected chi connectivity index (χ0v) is 13.9. The number of likely N-dealkylation sites (N-methyl/N-ethyl adjacent to an activating group) is 2. The van der Waals surface area contributed by atoms with E-state index in [1.807, 2.05) is 56.6 Å². The summed E-state index contributed by atoms with van der Waals surface area (Å²) in [4.78, 5) is 15.2. The molecule has 1 N–H and O–H groups in total. The lowest BCUT2D eigenvalue weighted by molar-refractivity contribution is 0.0797. The third-order valence-electron chi connectivity index (χ3n) is 3.39. The molecule has 0 bridgehead atoms. The van der Waals surface area contributed by atoms with Crippen molar-refractivity contribution in [3.8, 4) is 0 Å². The minimum atomic E-state index is 0.0671. The van der Waals surface area contributed by atoms with Gasteiger partial charge in [0.25, 0.3) is 5.91 Å². The highest BCUT2D eigenvalue weighted by Crippen LogP contribution is 2.22. The molecule has 0 heterocycles. The Bertz CT molecular complexity index is 584. The van der Waals surface area contributed by atoms with Gasteiger partial charge in [-0.25, -0.2) is 0 Å². The van der Waals surface area contributed by atoms with E-state index >= 15 is 0 Å². The number of nitrogens with zero attached hydrogens (tertiary/aromatic N) is 1. The molecule has 0 aliphatic heterocycles. The molecule has 0 aromatic heterocycles. The largest absolute Gasteiger partial charge is 0.340 e. The summed E-state index contributed by atoms with van der Waals surface area (Å²) in [6.45, 7) is 1.51. The predicted molar refractivity (Wildman–Crippen MR) is 93.3 cm³/mol. The van der Waals surface area contributed by atoms with Gasteiger partial charge >= 0.3 is 0 Å². The zero-order valence-electron chi connectivity index (χ0n) is 13.1. The maximum absolute atomic E-state index is 12.2. The molecule has 1 amide bonds. The highest BCUT2D eigenvalue weighted by atomic mass is 32.2. The number of hydrogen-bond acceptors (Lipinski definition) is 3. The monoisotopic (exact) mass is 314 g/mol. The molecule has 3 nitrogen and oxygen atoms in total. The van der Waals surface area contributed by atoms with Crippen LogP contribution in [0.15, 0.2) is 59.5 Å².